The Morgan fingerprint density at radius 2 is 2.19 bits per heavy atom. The molecule has 0 amide bonds. The second kappa shape index (κ2) is 4.42. The normalized spacial score (nSPS) is 10.4. The molecule has 0 N–H and O–H groups in total. The van der Waals surface area contributed by atoms with Crippen molar-refractivity contribution in [1.82, 2.24) is 10.2 Å². The molecule has 0 radical (unpaired) electrons. The zero-order chi connectivity index (χ0) is 11.7. The fraction of sp³-hybridized carbons (Fsp3) is 0.111. The van der Waals surface area contributed by atoms with E-state index in [0.717, 1.165) is 19.1 Å². The molecule has 1 heterocycles. The topological polar surface area (TPSA) is 68.9 Å². The quantitative estimate of drug-likeness (QED) is 0.476. The number of nitro groups is 1. The van der Waals surface area contributed by atoms with Crippen LogP contribution in [0.1, 0.15) is 5.56 Å². The van der Waals surface area contributed by atoms with Crippen molar-refractivity contribution >= 4 is 39.6 Å². The van der Waals surface area contributed by atoms with Crippen LogP contribution < -0.4 is 0 Å². The Labute approximate surface area is 109 Å². The van der Waals surface area contributed by atoms with E-state index < -0.39 is 4.92 Å². The van der Waals surface area contributed by atoms with E-state index >= 15 is 0 Å². The highest BCUT2D eigenvalue weighted by Gasteiger charge is 2.12. The largest absolute Gasteiger partial charge is 0.269 e. The Bertz CT molecular complexity index is 555. The molecule has 1 aromatic carbocycles. The molecule has 16 heavy (non-hydrogen) atoms. The second-order valence-corrected chi connectivity index (χ2v) is 5.85. The average molecular weight is 347 g/mol. The summed E-state index contributed by atoms with van der Waals surface area (Å²) in [6.07, 6.45) is 0. The van der Waals surface area contributed by atoms with E-state index in [1.807, 2.05) is 6.92 Å². The van der Waals surface area contributed by atoms with Crippen LogP contribution in [0.5, 0.6) is 0 Å². The maximum absolute atomic E-state index is 10.6. The molecular weight excluding hydrogens is 341 g/mol. The summed E-state index contributed by atoms with van der Waals surface area (Å²) >= 11 is 3.56. The number of non-ortho nitro benzene ring substituents is 1. The van der Waals surface area contributed by atoms with Crippen LogP contribution >= 0.6 is 33.9 Å². The standard InChI is InChI=1S/C9H6IN3O2S/c1-5-4-6(13(14)15)2-3-7(5)8-11-12-9(10)16-8/h2-4H,1H3. The van der Waals surface area contributed by atoms with Crippen molar-refractivity contribution in [2.75, 3.05) is 0 Å². The Hall–Kier alpha value is -1.09. The van der Waals surface area contributed by atoms with Crippen LogP contribution in [0.25, 0.3) is 10.6 Å². The molecule has 5 nitrogen and oxygen atoms in total. The van der Waals surface area contributed by atoms with Gasteiger partial charge in [0.05, 0.1) is 4.92 Å². The Morgan fingerprint density at radius 3 is 2.69 bits per heavy atom. The number of benzene rings is 1. The van der Waals surface area contributed by atoms with E-state index in [0.29, 0.717) is 0 Å². The summed E-state index contributed by atoms with van der Waals surface area (Å²) in [7, 11) is 0. The van der Waals surface area contributed by atoms with E-state index in [9.17, 15) is 10.1 Å². The molecule has 2 rings (SSSR count). The van der Waals surface area contributed by atoms with Gasteiger partial charge in [0.1, 0.15) is 5.01 Å². The number of rotatable bonds is 2. The van der Waals surface area contributed by atoms with Gasteiger partial charge in [0.2, 0.25) is 0 Å². The maximum Gasteiger partial charge on any atom is 0.269 e. The highest BCUT2D eigenvalue weighted by Crippen LogP contribution is 2.29. The number of halogens is 1. The SMILES string of the molecule is Cc1cc([N+](=O)[O-])ccc1-c1nnc(I)s1. The molecule has 0 bridgehead atoms. The summed E-state index contributed by atoms with van der Waals surface area (Å²) in [5.41, 5.74) is 1.83. The minimum Gasteiger partial charge on any atom is -0.258 e. The van der Waals surface area contributed by atoms with Crippen LogP contribution in [-0.4, -0.2) is 15.1 Å². The molecule has 1 aromatic heterocycles. The first kappa shape index (κ1) is 11.4. The summed E-state index contributed by atoms with van der Waals surface area (Å²) in [4.78, 5) is 10.2. The smallest absolute Gasteiger partial charge is 0.258 e. The van der Waals surface area contributed by atoms with Gasteiger partial charge in [-0.05, 0) is 41.1 Å². The lowest BCUT2D eigenvalue weighted by atomic mass is 10.1. The Morgan fingerprint density at radius 1 is 1.44 bits per heavy atom. The van der Waals surface area contributed by atoms with Crippen molar-refractivity contribution in [2.45, 2.75) is 6.92 Å². The highest BCUT2D eigenvalue weighted by molar-refractivity contribution is 14.1. The van der Waals surface area contributed by atoms with E-state index in [4.69, 9.17) is 0 Å². The van der Waals surface area contributed by atoms with Gasteiger partial charge in [0, 0.05) is 17.7 Å². The van der Waals surface area contributed by atoms with Crippen molar-refractivity contribution in [2.24, 2.45) is 0 Å². The predicted octanol–water partition coefficient (Wildman–Crippen LogP) is 3.03. The van der Waals surface area contributed by atoms with Crippen LogP contribution in [0, 0.1) is 20.1 Å². The molecule has 0 fully saturated rings. The van der Waals surface area contributed by atoms with Crippen LogP contribution in [0.4, 0.5) is 5.69 Å². The Kier molecular flexibility index (Phi) is 3.15. The number of hydrogen-bond acceptors (Lipinski definition) is 5. The molecular formula is C9H6IN3O2S. The van der Waals surface area contributed by atoms with Gasteiger partial charge in [-0.3, -0.25) is 10.1 Å². The van der Waals surface area contributed by atoms with Crippen molar-refractivity contribution in [3.8, 4) is 10.6 Å². The summed E-state index contributed by atoms with van der Waals surface area (Å²) in [5.74, 6) is 0. The first-order chi connectivity index (χ1) is 7.58. The fourth-order valence-electron chi connectivity index (χ4n) is 1.32. The van der Waals surface area contributed by atoms with Crippen LogP contribution in [-0.2, 0) is 0 Å². The molecule has 0 saturated carbocycles. The van der Waals surface area contributed by atoms with Gasteiger partial charge in [0.15, 0.2) is 3.01 Å². The second-order valence-electron chi connectivity index (χ2n) is 3.12. The molecule has 0 aliphatic rings. The van der Waals surface area contributed by atoms with Crippen molar-refractivity contribution in [1.29, 1.82) is 0 Å². The molecule has 0 unspecified atom stereocenters. The monoisotopic (exact) mass is 347 g/mol. The average Bonchev–Trinajstić information content (AvgIpc) is 2.64. The summed E-state index contributed by atoms with van der Waals surface area (Å²) in [6, 6.07) is 4.74. The number of nitro benzene ring substituents is 1. The summed E-state index contributed by atoms with van der Waals surface area (Å²) in [5, 5.41) is 19.3. The van der Waals surface area contributed by atoms with Crippen molar-refractivity contribution < 1.29 is 4.92 Å². The maximum atomic E-state index is 10.6. The molecule has 0 saturated heterocycles. The third-order valence-corrected chi connectivity index (χ3v) is 3.67. The van der Waals surface area contributed by atoms with E-state index in [-0.39, 0.29) is 5.69 Å². The molecule has 2 aromatic rings. The van der Waals surface area contributed by atoms with E-state index in [1.54, 1.807) is 12.1 Å². The van der Waals surface area contributed by atoms with Crippen LogP contribution in [0.3, 0.4) is 0 Å². The number of nitrogens with zero attached hydrogens (tertiary/aromatic N) is 3. The van der Waals surface area contributed by atoms with E-state index in [1.165, 1.54) is 17.4 Å². The van der Waals surface area contributed by atoms with E-state index in [2.05, 4.69) is 32.8 Å². The lowest BCUT2D eigenvalue weighted by Gasteiger charge is -2.00. The van der Waals surface area contributed by atoms with Gasteiger partial charge >= 0.3 is 0 Å². The molecule has 82 valence electrons. The third kappa shape index (κ3) is 2.19. The van der Waals surface area contributed by atoms with Gasteiger partial charge in [-0.1, -0.05) is 11.3 Å². The lowest BCUT2D eigenvalue weighted by Crippen LogP contribution is -1.90. The van der Waals surface area contributed by atoms with Gasteiger partial charge in [-0.2, -0.15) is 0 Å². The minimum absolute atomic E-state index is 0.0977. The molecule has 0 atom stereocenters. The molecule has 0 aliphatic carbocycles. The highest BCUT2D eigenvalue weighted by atomic mass is 127. The van der Waals surface area contributed by atoms with Gasteiger partial charge in [-0.25, -0.2) is 0 Å². The minimum atomic E-state index is -0.402. The van der Waals surface area contributed by atoms with Crippen molar-refractivity contribution in [3.63, 3.8) is 0 Å². The number of hydrogen-bond donors (Lipinski definition) is 0. The molecule has 0 spiro atoms. The van der Waals surface area contributed by atoms with Gasteiger partial charge in [-0.15, -0.1) is 10.2 Å². The third-order valence-electron chi connectivity index (χ3n) is 2.05. The number of aromatic nitrogens is 2. The zero-order valence-corrected chi connectivity index (χ0v) is 11.2. The zero-order valence-electron chi connectivity index (χ0n) is 8.18. The fourth-order valence-corrected chi connectivity index (χ4v) is 2.71. The molecule has 7 heteroatoms. The Balaban J connectivity index is 2.47. The lowest BCUT2D eigenvalue weighted by molar-refractivity contribution is -0.384. The number of aryl methyl sites for hydroxylation is 1. The van der Waals surface area contributed by atoms with Gasteiger partial charge in [0.25, 0.3) is 5.69 Å². The summed E-state index contributed by atoms with van der Waals surface area (Å²) in [6.45, 7) is 1.83. The predicted molar refractivity (Wildman–Crippen MR) is 69.5 cm³/mol. The van der Waals surface area contributed by atoms with Crippen LogP contribution in [0.2, 0.25) is 0 Å². The first-order valence-corrected chi connectivity index (χ1v) is 6.22. The molecule has 0 aliphatic heterocycles. The van der Waals surface area contributed by atoms with Crippen LogP contribution in [0.15, 0.2) is 18.2 Å². The van der Waals surface area contributed by atoms with Gasteiger partial charge < -0.3 is 0 Å². The first-order valence-electron chi connectivity index (χ1n) is 4.32. The summed E-state index contributed by atoms with van der Waals surface area (Å²) < 4.78 is 0.852. The van der Waals surface area contributed by atoms with Crippen molar-refractivity contribution in [3.05, 3.63) is 36.9 Å².